The maximum Gasteiger partial charge on any atom is 0.252 e. The van der Waals surface area contributed by atoms with Gasteiger partial charge < -0.3 is 26.6 Å². The second-order valence-corrected chi connectivity index (χ2v) is 15.4. The summed E-state index contributed by atoms with van der Waals surface area (Å²) < 4.78 is 26.0. The van der Waals surface area contributed by atoms with E-state index in [-0.39, 0.29) is 41.1 Å². The normalized spacial score (nSPS) is 13.4. The van der Waals surface area contributed by atoms with Gasteiger partial charge in [-0.25, -0.2) is 8.42 Å². The number of sulfonamides is 1. The van der Waals surface area contributed by atoms with Crippen LogP contribution in [0.3, 0.4) is 0 Å². The van der Waals surface area contributed by atoms with Gasteiger partial charge in [0.2, 0.25) is 21.8 Å². The number of pyridine rings is 1. The predicted molar refractivity (Wildman–Crippen MR) is 199 cm³/mol. The third-order valence-corrected chi connectivity index (χ3v) is 9.63. The molecule has 0 unspecified atom stereocenters. The van der Waals surface area contributed by atoms with Crippen LogP contribution in [0.4, 0.5) is 5.69 Å². The fourth-order valence-corrected chi connectivity index (χ4v) is 5.77. The van der Waals surface area contributed by atoms with Gasteiger partial charge in [-0.3, -0.25) is 28.5 Å². The predicted octanol–water partition coefficient (Wildman–Crippen LogP) is 2.74. The number of likely N-dealkylation sites (N-methyl/N-ethyl adjacent to an activating group) is 1. The Morgan fingerprint density at radius 2 is 1.53 bits per heavy atom. The molecule has 14 heteroatoms. The average Bonchev–Trinajstić information content (AvgIpc) is 3.08. The topological polar surface area (TPSA) is 179 Å². The molecule has 0 aliphatic heterocycles. The molecule has 1 aromatic heterocycles. The Morgan fingerprint density at radius 1 is 0.882 bits per heavy atom. The summed E-state index contributed by atoms with van der Waals surface area (Å²) in [7, 11) is -2.40. The van der Waals surface area contributed by atoms with Crippen LogP contribution in [0.25, 0.3) is 0 Å². The summed E-state index contributed by atoms with van der Waals surface area (Å²) in [6, 6.07) is 15.3. The van der Waals surface area contributed by atoms with Crippen LogP contribution < -0.4 is 30.9 Å². The summed E-state index contributed by atoms with van der Waals surface area (Å²) in [4.78, 5) is 57.4. The van der Waals surface area contributed by atoms with E-state index in [1.165, 1.54) is 25.2 Å². The van der Waals surface area contributed by atoms with E-state index in [1.807, 2.05) is 64.1 Å². The van der Waals surface area contributed by atoms with Crippen molar-refractivity contribution in [2.45, 2.75) is 71.6 Å². The van der Waals surface area contributed by atoms with Crippen LogP contribution in [-0.2, 0) is 31.6 Å². The highest BCUT2D eigenvalue weighted by molar-refractivity contribution is 7.92. The molecule has 0 radical (unpaired) electrons. The Labute approximate surface area is 301 Å². The van der Waals surface area contributed by atoms with Crippen LogP contribution >= 0.6 is 0 Å². The Kier molecular flexibility index (Phi) is 14.3. The number of carbonyl (C=O) groups is 4. The molecule has 1 heterocycles. The molecule has 0 saturated carbocycles. The van der Waals surface area contributed by atoms with E-state index in [0.29, 0.717) is 13.0 Å². The van der Waals surface area contributed by atoms with Crippen LogP contribution in [0, 0.1) is 5.92 Å². The minimum absolute atomic E-state index is 0.0642. The zero-order valence-corrected chi connectivity index (χ0v) is 31.4. The zero-order valence-electron chi connectivity index (χ0n) is 30.6. The molecule has 0 fully saturated rings. The molecule has 0 bridgehead atoms. The molecule has 4 amide bonds. The van der Waals surface area contributed by atoms with Crippen LogP contribution in [-0.4, -0.2) is 81.5 Å². The monoisotopic (exact) mass is 721 g/mol. The lowest BCUT2D eigenvalue weighted by atomic mass is 9.93. The lowest BCUT2D eigenvalue weighted by molar-refractivity contribution is -0.130. The lowest BCUT2D eigenvalue weighted by Gasteiger charge is -2.27. The highest BCUT2D eigenvalue weighted by atomic mass is 32.2. The molecule has 2 aromatic carbocycles. The fraction of sp³-hybridized carbons (Fsp3) is 0.432. The summed E-state index contributed by atoms with van der Waals surface area (Å²) in [5, 5.41) is 14.7. The van der Waals surface area contributed by atoms with Gasteiger partial charge in [-0.1, -0.05) is 50.2 Å². The van der Waals surface area contributed by atoms with E-state index in [4.69, 9.17) is 0 Å². The van der Waals surface area contributed by atoms with Crippen LogP contribution in [0.15, 0.2) is 73.1 Å². The van der Waals surface area contributed by atoms with Gasteiger partial charge in [-0.2, -0.15) is 0 Å². The van der Waals surface area contributed by atoms with Crippen molar-refractivity contribution in [2.24, 2.45) is 5.92 Å². The van der Waals surface area contributed by atoms with Crippen molar-refractivity contribution >= 4 is 39.3 Å². The minimum atomic E-state index is -3.74. The van der Waals surface area contributed by atoms with E-state index in [2.05, 4.69) is 31.6 Å². The molecule has 51 heavy (non-hydrogen) atoms. The molecule has 13 nitrogen and oxygen atoms in total. The molecule has 5 N–H and O–H groups in total. The molecular formula is C37H51N7O6S. The van der Waals surface area contributed by atoms with Crippen LogP contribution in [0.5, 0.6) is 0 Å². The van der Waals surface area contributed by atoms with E-state index in [9.17, 15) is 27.6 Å². The van der Waals surface area contributed by atoms with E-state index in [1.54, 1.807) is 32.3 Å². The molecule has 0 spiro atoms. The van der Waals surface area contributed by atoms with Gasteiger partial charge in [0.15, 0.2) is 0 Å². The van der Waals surface area contributed by atoms with Crippen molar-refractivity contribution in [3.63, 3.8) is 0 Å². The van der Waals surface area contributed by atoms with Crippen molar-refractivity contribution in [1.82, 2.24) is 31.6 Å². The Hall–Kier alpha value is -4.82. The number of rotatable bonds is 17. The number of benzene rings is 2. The number of nitrogens with one attached hydrogen (secondary N) is 5. The first-order valence-corrected chi connectivity index (χ1v) is 18.8. The quantitative estimate of drug-likeness (QED) is 0.141. The Bertz CT molecular complexity index is 1770. The van der Waals surface area contributed by atoms with Gasteiger partial charge in [0.05, 0.1) is 23.5 Å². The number of aromatic nitrogens is 1. The molecule has 3 atom stereocenters. The largest absolute Gasteiger partial charge is 0.355 e. The molecular weight excluding hydrogens is 671 g/mol. The van der Waals surface area contributed by atoms with E-state index < -0.39 is 45.5 Å². The van der Waals surface area contributed by atoms with Gasteiger partial charge in [0, 0.05) is 49.7 Å². The molecule has 3 rings (SSSR count). The molecule has 3 aromatic rings. The summed E-state index contributed by atoms with van der Waals surface area (Å²) in [5.41, 5.74) is 1.19. The maximum absolute atomic E-state index is 13.9. The summed E-state index contributed by atoms with van der Waals surface area (Å²) >= 11 is 0. The summed E-state index contributed by atoms with van der Waals surface area (Å²) in [5.74, 6) is -1.84. The average molecular weight is 722 g/mol. The zero-order chi connectivity index (χ0) is 37.9. The van der Waals surface area contributed by atoms with Gasteiger partial charge in [-0.05, 0) is 75.4 Å². The molecule has 0 aliphatic carbocycles. The van der Waals surface area contributed by atoms with Gasteiger partial charge in [0.1, 0.15) is 6.04 Å². The van der Waals surface area contributed by atoms with Crippen molar-refractivity contribution in [1.29, 1.82) is 0 Å². The molecule has 0 aliphatic rings. The number of hydrogen-bond donors (Lipinski definition) is 5. The number of anilines is 1. The first kappa shape index (κ1) is 40.6. The highest BCUT2D eigenvalue weighted by Crippen LogP contribution is 2.24. The van der Waals surface area contributed by atoms with Crippen LogP contribution in [0.1, 0.15) is 73.4 Å². The second kappa shape index (κ2) is 17.9. The number of nitrogens with zero attached hydrogens (tertiary/aromatic N) is 2. The Morgan fingerprint density at radius 3 is 2.10 bits per heavy atom. The number of hydrogen-bond acceptors (Lipinski definition) is 8. The van der Waals surface area contributed by atoms with Gasteiger partial charge in [0.25, 0.3) is 11.8 Å². The number of amides is 4. The standard InChI is InChI=1S/C37H51N7O6S/c1-9-39-36(48)32(24(2)3)42-33(45)25(4)40-23-30(18-26-14-13-17-38-22-26)41-34(46)27-19-28(21-31(20-27)44(7)51(8,49)50)35(47)43-37(5,6)29-15-11-10-12-16-29/h10-17,19-22,24-25,30,32,40H,9,18,23H2,1-8H3,(H,39,48)(H,41,46)(H,42,45)(H,43,47)/t25-,30-,32-/m0/s1. The maximum atomic E-state index is 13.9. The van der Waals surface area contributed by atoms with Gasteiger partial charge in [-0.15, -0.1) is 0 Å². The smallest absolute Gasteiger partial charge is 0.252 e. The minimum Gasteiger partial charge on any atom is -0.355 e. The highest BCUT2D eigenvalue weighted by Gasteiger charge is 2.28. The van der Waals surface area contributed by atoms with Crippen molar-refractivity contribution in [3.8, 4) is 0 Å². The third kappa shape index (κ3) is 11.9. The first-order valence-electron chi connectivity index (χ1n) is 16.9. The number of carbonyl (C=O) groups excluding carboxylic acids is 4. The van der Waals surface area contributed by atoms with Crippen molar-refractivity contribution in [2.75, 3.05) is 30.7 Å². The van der Waals surface area contributed by atoms with Crippen molar-refractivity contribution in [3.05, 3.63) is 95.3 Å². The van der Waals surface area contributed by atoms with E-state index >= 15 is 0 Å². The van der Waals surface area contributed by atoms with Crippen molar-refractivity contribution < 1.29 is 27.6 Å². The lowest BCUT2D eigenvalue weighted by Crippen LogP contribution is -2.55. The summed E-state index contributed by atoms with van der Waals surface area (Å²) in [6.07, 6.45) is 4.69. The van der Waals surface area contributed by atoms with Gasteiger partial charge >= 0.3 is 0 Å². The Balaban J connectivity index is 1.89. The first-order chi connectivity index (χ1) is 23.9. The third-order valence-electron chi connectivity index (χ3n) is 8.43. The molecule has 0 saturated heterocycles. The van der Waals surface area contributed by atoms with E-state index in [0.717, 1.165) is 21.7 Å². The van der Waals surface area contributed by atoms with Crippen LogP contribution in [0.2, 0.25) is 0 Å². The fourth-order valence-electron chi connectivity index (χ4n) is 5.29. The second-order valence-electron chi connectivity index (χ2n) is 13.4. The molecule has 276 valence electrons. The SMILES string of the molecule is CCNC(=O)[C@@H](NC(=O)[C@H](C)NC[C@H](Cc1cccnc1)NC(=O)c1cc(C(=O)NC(C)(C)c2ccccc2)cc(N(C)S(C)(=O)=O)c1)C(C)C. The summed E-state index contributed by atoms with van der Waals surface area (Å²) in [6.45, 7) is 11.5.